The van der Waals surface area contributed by atoms with Crippen LogP contribution in [-0.4, -0.2) is 19.2 Å². The summed E-state index contributed by atoms with van der Waals surface area (Å²) in [6.07, 6.45) is 5.70. The zero-order valence-corrected chi connectivity index (χ0v) is 45.8. The molecule has 10 aromatic rings. The van der Waals surface area contributed by atoms with E-state index in [2.05, 4.69) is 262 Å². The molecule has 6 nitrogen and oxygen atoms in total. The monoisotopic (exact) mass is 1120 g/mol. The van der Waals surface area contributed by atoms with Gasteiger partial charge in [-0.05, 0) is 84.2 Å². The van der Waals surface area contributed by atoms with Crippen LogP contribution in [0.2, 0.25) is 0 Å². The van der Waals surface area contributed by atoms with Gasteiger partial charge in [0.15, 0.2) is 5.82 Å². The van der Waals surface area contributed by atoms with Crippen molar-refractivity contribution >= 4 is 21.8 Å². The first kappa shape index (κ1) is 50.1. The van der Waals surface area contributed by atoms with Crippen LogP contribution < -0.4 is 9.42 Å². The fourth-order valence-corrected chi connectivity index (χ4v) is 9.29. The van der Waals surface area contributed by atoms with E-state index in [1.807, 2.05) is 16.9 Å². The van der Waals surface area contributed by atoms with Crippen LogP contribution in [0.3, 0.4) is 0 Å². The van der Waals surface area contributed by atoms with Crippen LogP contribution in [0.5, 0.6) is 11.5 Å². The molecule has 7 aromatic carbocycles. The van der Waals surface area contributed by atoms with Gasteiger partial charge in [0.2, 0.25) is 0 Å². The third-order valence-electron chi connectivity index (χ3n) is 13.5. The molecule has 0 saturated carbocycles. The molecular formula is C65H63N5OPt-2. The second-order valence-electron chi connectivity index (χ2n) is 23.0. The van der Waals surface area contributed by atoms with E-state index in [1.54, 1.807) is 0 Å². The minimum Gasteiger partial charge on any atom is -0.510 e. The van der Waals surface area contributed by atoms with Gasteiger partial charge in [-0.1, -0.05) is 210 Å². The van der Waals surface area contributed by atoms with Crippen LogP contribution in [0.25, 0.3) is 72.6 Å². The molecule has 0 bridgehead atoms. The molecule has 72 heavy (non-hydrogen) atoms. The molecule has 0 radical (unpaired) electrons. The molecule has 0 N–H and O–H groups in total. The first-order chi connectivity index (χ1) is 33.7. The van der Waals surface area contributed by atoms with Gasteiger partial charge in [-0.2, -0.15) is 22.4 Å². The summed E-state index contributed by atoms with van der Waals surface area (Å²) in [6.45, 7) is 27.0. The average molecular weight is 1130 g/mol. The second-order valence-corrected chi connectivity index (χ2v) is 23.0. The van der Waals surface area contributed by atoms with Gasteiger partial charge >= 0.3 is 0 Å². The molecule has 0 fully saturated rings. The number of nitrogens with zero attached hydrogens (tertiary/aromatic N) is 5. The fraction of sp³-hybridized carbons (Fsp3) is 0.246. The second kappa shape index (κ2) is 18.9. The van der Waals surface area contributed by atoms with Crippen molar-refractivity contribution in [1.29, 1.82) is 0 Å². The zero-order chi connectivity index (χ0) is 50.0. The van der Waals surface area contributed by atoms with Crippen LogP contribution in [0.15, 0.2) is 164 Å². The van der Waals surface area contributed by atoms with E-state index in [4.69, 9.17) is 14.8 Å². The van der Waals surface area contributed by atoms with E-state index >= 15 is 0 Å². The number of para-hydroxylation sites is 1. The molecule has 0 aliphatic rings. The van der Waals surface area contributed by atoms with Crippen molar-refractivity contribution in [3.05, 3.63) is 205 Å². The Morgan fingerprint density at radius 1 is 0.500 bits per heavy atom. The SMILES string of the molecule is CC(C)(C)c1cc(Oc2[c-]c3c(cc2)c2ccccc2n3-c2cc(C(C)(C)C)ccn2)[c-]c(-n2[c-][n+](-c3cc(C(C)(C)C)cc(C(C)(C)C)c3)nc2-c2c(-c3ccccc3)cccc2-c2ccccc2)c1.[Pt]. The van der Waals surface area contributed by atoms with Crippen molar-refractivity contribution in [2.75, 3.05) is 0 Å². The largest absolute Gasteiger partial charge is 0.510 e. The Labute approximate surface area is 440 Å². The van der Waals surface area contributed by atoms with E-state index in [9.17, 15) is 0 Å². The van der Waals surface area contributed by atoms with Gasteiger partial charge in [0, 0.05) is 49.8 Å². The number of benzene rings is 7. The summed E-state index contributed by atoms with van der Waals surface area (Å²) in [5.74, 6) is 2.69. The first-order valence-corrected chi connectivity index (χ1v) is 24.7. The van der Waals surface area contributed by atoms with Gasteiger partial charge in [-0.3, -0.25) is 0 Å². The number of hydrogen-bond acceptors (Lipinski definition) is 3. The third kappa shape index (κ3) is 9.87. The van der Waals surface area contributed by atoms with Crippen molar-refractivity contribution in [2.24, 2.45) is 0 Å². The van der Waals surface area contributed by atoms with Crippen molar-refractivity contribution < 1.29 is 30.5 Å². The Balaban J connectivity index is 0.00000640. The molecule has 10 rings (SSSR count). The average Bonchev–Trinajstić information content (AvgIpc) is 3.93. The van der Waals surface area contributed by atoms with E-state index in [1.165, 1.54) is 16.7 Å². The zero-order valence-electron chi connectivity index (χ0n) is 43.5. The molecule has 0 aliphatic carbocycles. The molecule has 0 aliphatic heterocycles. The van der Waals surface area contributed by atoms with Gasteiger partial charge in [-0.15, -0.1) is 34.8 Å². The minimum absolute atomic E-state index is 0. The van der Waals surface area contributed by atoms with Crippen LogP contribution in [0.1, 0.15) is 105 Å². The minimum atomic E-state index is -0.262. The summed E-state index contributed by atoms with van der Waals surface area (Å²) in [5, 5.41) is 7.81. The predicted octanol–water partition coefficient (Wildman–Crippen LogP) is 16.0. The Kier molecular flexibility index (Phi) is 13.2. The third-order valence-corrected chi connectivity index (χ3v) is 13.5. The maximum atomic E-state index is 6.98. The van der Waals surface area contributed by atoms with Crippen molar-refractivity contribution in [1.82, 2.24) is 19.2 Å². The van der Waals surface area contributed by atoms with Crippen molar-refractivity contribution in [2.45, 2.75) is 105 Å². The molecule has 366 valence electrons. The summed E-state index contributed by atoms with van der Waals surface area (Å²) in [7, 11) is 0. The molecule has 0 saturated heterocycles. The number of hydrogen-bond donors (Lipinski definition) is 0. The van der Waals surface area contributed by atoms with Crippen molar-refractivity contribution in [3.8, 4) is 62.3 Å². The number of aromatic nitrogens is 5. The topological polar surface area (TPSA) is 48.8 Å². The molecule has 0 unspecified atom stereocenters. The number of pyridine rings is 1. The van der Waals surface area contributed by atoms with Gasteiger partial charge in [0.25, 0.3) is 6.33 Å². The quantitative estimate of drug-likeness (QED) is 0.113. The molecular weight excluding hydrogens is 1060 g/mol. The molecule has 7 heteroatoms. The number of ether oxygens (including phenoxy) is 1. The Morgan fingerprint density at radius 3 is 1.67 bits per heavy atom. The molecule has 3 heterocycles. The molecule has 0 spiro atoms. The van der Waals surface area contributed by atoms with E-state index < -0.39 is 0 Å². The van der Waals surface area contributed by atoms with Gasteiger partial charge in [0.05, 0.1) is 5.69 Å². The standard InChI is InChI=1S/C65H63N5O.Pt/c1-62(2,3)45-32-33-66-59(39-45)70-57-29-20-19-26-55(57)56-31-30-51(41-58(56)70)71-52-38-48(65(10,11)12)35-49(40-52)68-42-69(50-36-46(63(4,5)6)34-47(37-50)64(7,8)9)67-61(68)60-53(43-22-15-13-16-23-43)27-21-28-54(60)44-24-17-14-18-25-44;/h13-39H,1-12H3;/q-2;. The number of rotatable bonds is 8. The molecule has 0 amide bonds. The fourth-order valence-electron chi connectivity index (χ4n) is 9.29. The van der Waals surface area contributed by atoms with E-state index in [0.717, 1.165) is 78.2 Å². The number of fused-ring (bicyclic) bond motifs is 3. The molecule has 3 aromatic heterocycles. The van der Waals surface area contributed by atoms with E-state index in [-0.39, 0.29) is 42.7 Å². The van der Waals surface area contributed by atoms with Crippen molar-refractivity contribution in [3.63, 3.8) is 0 Å². The van der Waals surface area contributed by atoms with Crippen LogP contribution in [0.4, 0.5) is 0 Å². The molecule has 0 atom stereocenters. The summed E-state index contributed by atoms with van der Waals surface area (Å²) in [5.41, 5.74) is 13.1. The Bertz CT molecular complexity index is 3510. The predicted molar refractivity (Wildman–Crippen MR) is 291 cm³/mol. The van der Waals surface area contributed by atoms with Crippen LogP contribution in [0, 0.1) is 18.5 Å². The first-order valence-electron chi connectivity index (χ1n) is 24.7. The maximum absolute atomic E-state index is 6.98. The summed E-state index contributed by atoms with van der Waals surface area (Å²) in [6, 6.07) is 63.3. The van der Waals surface area contributed by atoms with Crippen LogP contribution in [-0.2, 0) is 42.7 Å². The summed E-state index contributed by atoms with van der Waals surface area (Å²) < 4.78 is 13.2. The van der Waals surface area contributed by atoms with Gasteiger partial charge < -0.3 is 13.9 Å². The maximum Gasteiger partial charge on any atom is 0.272 e. The van der Waals surface area contributed by atoms with Gasteiger partial charge in [-0.25, -0.2) is 4.98 Å². The van der Waals surface area contributed by atoms with E-state index in [0.29, 0.717) is 11.5 Å². The summed E-state index contributed by atoms with van der Waals surface area (Å²) in [4.78, 5) is 4.92. The normalized spacial score (nSPS) is 12.3. The van der Waals surface area contributed by atoms with Crippen LogP contribution >= 0.6 is 0 Å². The summed E-state index contributed by atoms with van der Waals surface area (Å²) >= 11 is 0. The smallest absolute Gasteiger partial charge is 0.272 e. The van der Waals surface area contributed by atoms with Gasteiger partial charge in [0.1, 0.15) is 5.82 Å². The Hall–Kier alpha value is -6.88. The Morgan fingerprint density at radius 2 is 1.07 bits per heavy atom.